The van der Waals surface area contributed by atoms with Crippen molar-refractivity contribution in [2.45, 2.75) is 19.8 Å². The molecule has 154 valence electrons. The molecule has 1 aliphatic heterocycles. The third kappa shape index (κ3) is 4.95. The lowest BCUT2D eigenvalue weighted by Gasteiger charge is -2.16. The van der Waals surface area contributed by atoms with E-state index in [1.54, 1.807) is 42.5 Å². The van der Waals surface area contributed by atoms with Gasteiger partial charge in [0, 0.05) is 12.1 Å². The van der Waals surface area contributed by atoms with Crippen molar-refractivity contribution in [2.24, 2.45) is 0 Å². The summed E-state index contributed by atoms with van der Waals surface area (Å²) in [6, 6.07) is 11.4. The highest BCUT2D eigenvalue weighted by atomic mass is 32.2. The number of esters is 1. The second kappa shape index (κ2) is 8.65. The molecule has 0 unspecified atom stereocenters. The van der Waals surface area contributed by atoms with E-state index in [0.717, 1.165) is 18.2 Å². The average Bonchev–Trinajstić information content (AvgIpc) is 3.14. The van der Waals surface area contributed by atoms with E-state index in [2.05, 4.69) is 0 Å². The molecule has 1 heterocycles. The summed E-state index contributed by atoms with van der Waals surface area (Å²) < 4.78 is 35.5. The van der Waals surface area contributed by atoms with Crippen LogP contribution in [-0.4, -0.2) is 46.2 Å². The predicted molar refractivity (Wildman–Crippen MR) is 109 cm³/mol. The van der Waals surface area contributed by atoms with Gasteiger partial charge in [0.15, 0.2) is 12.4 Å². The zero-order valence-corrected chi connectivity index (χ0v) is 17.2. The van der Waals surface area contributed by atoms with Gasteiger partial charge in [0.1, 0.15) is 5.75 Å². The van der Waals surface area contributed by atoms with Gasteiger partial charge in [0.25, 0.3) is 0 Å². The summed E-state index contributed by atoms with van der Waals surface area (Å²) in [6.45, 7) is 2.58. The van der Waals surface area contributed by atoms with Gasteiger partial charge in [-0.3, -0.25) is 9.10 Å². The zero-order valence-electron chi connectivity index (χ0n) is 16.4. The Morgan fingerprint density at radius 3 is 2.41 bits per heavy atom. The van der Waals surface area contributed by atoms with Crippen LogP contribution in [0.5, 0.6) is 5.75 Å². The lowest BCUT2D eigenvalue weighted by Crippen LogP contribution is -2.27. The molecule has 3 rings (SSSR count). The fourth-order valence-corrected chi connectivity index (χ4v) is 4.05. The van der Waals surface area contributed by atoms with Crippen molar-refractivity contribution in [1.82, 2.24) is 0 Å². The lowest BCUT2D eigenvalue weighted by molar-refractivity contribution is 0.0474. The third-order valence-corrected chi connectivity index (χ3v) is 5.73. The molecular weight excluding hydrogens is 394 g/mol. The van der Waals surface area contributed by atoms with Crippen LogP contribution in [0.3, 0.4) is 0 Å². The number of hydrogen-bond acceptors (Lipinski definition) is 6. The van der Waals surface area contributed by atoms with Gasteiger partial charge in [-0.05, 0) is 60.9 Å². The average molecular weight is 417 g/mol. The van der Waals surface area contributed by atoms with E-state index in [0.29, 0.717) is 42.1 Å². The first kappa shape index (κ1) is 20.9. The third-order valence-electron chi connectivity index (χ3n) is 4.55. The summed E-state index contributed by atoms with van der Waals surface area (Å²) in [5, 5.41) is 0. The molecule has 0 bridgehead atoms. The van der Waals surface area contributed by atoms with Gasteiger partial charge in [-0.25, -0.2) is 13.2 Å². The minimum Gasteiger partial charge on any atom is -0.494 e. The van der Waals surface area contributed by atoms with Crippen LogP contribution in [-0.2, 0) is 21.2 Å². The van der Waals surface area contributed by atoms with Crippen molar-refractivity contribution in [3.63, 3.8) is 0 Å². The maximum Gasteiger partial charge on any atom is 0.338 e. The van der Waals surface area contributed by atoms with Gasteiger partial charge in [-0.15, -0.1) is 0 Å². The minimum absolute atomic E-state index is 0.333. The molecule has 0 fully saturated rings. The Bertz CT molecular complexity index is 1010. The van der Waals surface area contributed by atoms with Gasteiger partial charge in [0.2, 0.25) is 10.0 Å². The quantitative estimate of drug-likeness (QED) is 0.485. The summed E-state index contributed by atoms with van der Waals surface area (Å²) >= 11 is 0. The molecule has 0 saturated heterocycles. The van der Waals surface area contributed by atoms with Crippen LogP contribution in [0.4, 0.5) is 5.69 Å². The molecule has 0 aliphatic carbocycles. The molecule has 0 saturated carbocycles. The van der Waals surface area contributed by atoms with E-state index in [4.69, 9.17) is 9.47 Å². The van der Waals surface area contributed by atoms with Crippen molar-refractivity contribution in [3.05, 3.63) is 59.2 Å². The first-order chi connectivity index (χ1) is 13.8. The lowest BCUT2D eigenvalue weighted by atomic mass is 10.1. The van der Waals surface area contributed by atoms with Gasteiger partial charge in [-0.2, -0.15) is 0 Å². The van der Waals surface area contributed by atoms with Crippen molar-refractivity contribution in [1.29, 1.82) is 0 Å². The van der Waals surface area contributed by atoms with E-state index < -0.39 is 16.0 Å². The fourth-order valence-electron chi connectivity index (χ4n) is 3.09. The highest BCUT2D eigenvalue weighted by Crippen LogP contribution is 2.30. The molecule has 0 spiro atoms. The van der Waals surface area contributed by atoms with Crippen LogP contribution in [0.2, 0.25) is 0 Å². The first-order valence-electron chi connectivity index (χ1n) is 9.33. The SMILES string of the molecule is CCCOc1ccc(C(=O)OCC(=O)c2ccc3c(c2)CCN3S(C)(=O)=O)cc1. The van der Waals surface area contributed by atoms with Gasteiger partial charge in [-0.1, -0.05) is 6.92 Å². The van der Waals surface area contributed by atoms with Gasteiger partial charge >= 0.3 is 5.97 Å². The summed E-state index contributed by atoms with van der Waals surface area (Å²) in [5.74, 6) is -0.271. The summed E-state index contributed by atoms with van der Waals surface area (Å²) in [7, 11) is -3.34. The number of rotatable bonds is 8. The normalized spacial score (nSPS) is 13.1. The Balaban J connectivity index is 1.60. The monoisotopic (exact) mass is 417 g/mol. The van der Waals surface area contributed by atoms with Crippen molar-refractivity contribution in [2.75, 3.05) is 30.3 Å². The molecule has 0 N–H and O–H groups in total. The smallest absolute Gasteiger partial charge is 0.338 e. The summed E-state index contributed by atoms with van der Waals surface area (Å²) in [6.07, 6.45) is 2.58. The topological polar surface area (TPSA) is 90.0 Å². The fraction of sp³-hybridized carbons (Fsp3) is 0.333. The molecule has 2 aromatic carbocycles. The summed E-state index contributed by atoms with van der Waals surface area (Å²) in [4.78, 5) is 24.6. The van der Waals surface area contributed by atoms with Crippen molar-refractivity contribution in [3.8, 4) is 5.75 Å². The molecule has 0 atom stereocenters. The number of carbonyl (C=O) groups excluding carboxylic acids is 2. The number of ether oxygens (including phenoxy) is 2. The Labute approximate surface area is 170 Å². The number of nitrogens with zero attached hydrogens (tertiary/aromatic N) is 1. The van der Waals surface area contributed by atoms with Crippen molar-refractivity contribution >= 4 is 27.5 Å². The van der Waals surface area contributed by atoms with Crippen LogP contribution in [0.1, 0.15) is 39.6 Å². The molecule has 29 heavy (non-hydrogen) atoms. The Morgan fingerprint density at radius 2 is 1.76 bits per heavy atom. The van der Waals surface area contributed by atoms with E-state index >= 15 is 0 Å². The molecular formula is C21H23NO6S. The number of fused-ring (bicyclic) bond motifs is 1. The molecule has 0 radical (unpaired) electrons. The molecule has 7 nitrogen and oxygen atoms in total. The molecule has 0 aromatic heterocycles. The predicted octanol–water partition coefficient (Wildman–Crippen LogP) is 2.84. The standard InChI is InChI=1S/C21H23NO6S/c1-3-12-27-18-7-4-15(5-8-18)21(24)28-14-20(23)17-6-9-19-16(13-17)10-11-22(19)29(2,25)26/h4-9,13H,3,10-12,14H2,1-2H3. The number of Topliss-reactive ketones (excluding diaryl/α,β-unsaturated/α-hetero) is 1. The highest BCUT2D eigenvalue weighted by Gasteiger charge is 2.26. The van der Waals surface area contributed by atoms with Crippen LogP contribution >= 0.6 is 0 Å². The highest BCUT2D eigenvalue weighted by molar-refractivity contribution is 7.92. The molecule has 8 heteroatoms. The van der Waals surface area contributed by atoms with Crippen LogP contribution in [0.15, 0.2) is 42.5 Å². The maximum absolute atomic E-state index is 12.4. The van der Waals surface area contributed by atoms with Crippen LogP contribution < -0.4 is 9.04 Å². The summed E-state index contributed by atoms with van der Waals surface area (Å²) in [5.41, 5.74) is 2.09. The first-order valence-corrected chi connectivity index (χ1v) is 11.2. The zero-order chi connectivity index (χ0) is 21.0. The Kier molecular flexibility index (Phi) is 6.22. The molecule has 1 aliphatic rings. The number of ketones is 1. The van der Waals surface area contributed by atoms with E-state index in [9.17, 15) is 18.0 Å². The molecule has 2 aromatic rings. The Hall–Kier alpha value is -2.87. The van der Waals surface area contributed by atoms with E-state index in [1.807, 2.05) is 6.92 Å². The van der Waals surface area contributed by atoms with Crippen LogP contribution in [0.25, 0.3) is 0 Å². The number of benzene rings is 2. The van der Waals surface area contributed by atoms with Gasteiger partial charge < -0.3 is 9.47 Å². The number of hydrogen-bond donors (Lipinski definition) is 0. The van der Waals surface area contributed by atoms with E-state index in [1.165, 1.54) is 4.31 Å². The van der Waals surface area contributed by atoms with Gasteiger partial charge in [0.05, 0.1) is 24.1 Å². The Morgan fingerprint density at radius 1 is 1.07 bits per heavy atom. The van der Waals surface area contributed by atoms with E-state index in [-0.39, 0.29) is 12.4 Å². The second-order valence-electron chi connectivity index (χ2n) is 6.80. The number of anilines is 1. The van der Waals surface area contributed by atoms with Crippen LogP contribution in [0, 0.1) is 0 Å². The largest absolute Gasteiger partial charge is 0.494 e. The van der Waals surface area contributed by atoms with Crippen molar-refractivity contribution < 1.29 is 27.5 Å². The minimum atomic E-state index is -3.34. The second-order valence-corrected chi connectivity index (χ2v) is 8.71. The number of sulfonamides is 1. The number of carbonyl (C=O) groups is 2. The molecule has 0 amide bonds. The maximum atomic E-state index is 12.4.